The molecule has 31 heavy (non-hydrogen) atoms. The Morgan fingerprint density at radius 2 is 1.48 bits per heavy atom. The lowest BCUT2D eigenvalue weighted by atomic mass is 10.0. The van der Waals surface area contributed by atoms with Crippen molar-refractivity contribution in [3.8, 4) is 11.5 Å². The highest BCUT2D eigenvalue weighted by molar-refractivity contribution is 5.73. The number of ether oxygens (including phenoxy) is 2. The number of nitrogens with zero attached hydrogens (tertiary/aromatic N) is 1. The first-order valence-corrected chi connectivity index (χ1v) is 11.8. The van der Waals surface area contributed by atoms with Crippen LogP contribution in [-0.4, -0.2) is 18.0 Å². The van der Waals surface area contributed by atoms with Gasteiger partial charge in [0, 0.05) is 24.1 Å². The summed E-state index contributed by atoms with van der Waals surface area (Å²) in [6.45, 7) is 2.25. The highest BCUT2D eigenvalue weighted by Crippen LogP contribution is 2.26. The standard InChI is InChI=1S/C25H39NO5/c1-3-4-5-6-7-8-9-10-11-12-13-14-15-16-25(27)31-23-18-17-22(19-20-26(28)29)24(21-23)30-2/h17-21H,3-16H2,1-2H3. The van der Waals surface area contributed by atoms with Gasteiger partial charge in [-0.2, -0.15) is 0 Å². The van der Waals surface area contributed by atoms with Crippen molar-refractivity contribution >= 4 is 12.0 Å². The highest BCUT2D eigenvalue weighted by atomic mass is 16.6. The Hall–Kier alpha value is -2.37. The third-order valence-electron chi connectivity index (χ3n) is 5.30. The van der Waals surface area contributed by atoms with Crippen LogP contribution in [0.2, 0.25) is 0 Å². The second-order valence-corrected chi connectivity index (χ2v) is 7.97. The van der Waals surface area contributed by atoms with Gasteiger partial charge in [-0.15, -0.1) is 0 Å². The van der Waals surface area contributed by atoms with Crippen molar-refractivity contribution in [2.24, 2.45) is 0 Å². The Morgan fingerprint density at radius 3 is 2.00 bits per heavy atom. The lowest BCUT2D eigenvalue weighted by Gasteiger charge is -2.08. The van der Waals surface area contributed by atoms with Crippen molar-refractivity contribution in [3.05, 3.63) is 40.1 Å². The molecule has 1 rings (SSSR count). The fraction of sp³-hybridized carbons (Fsp3) is 0.640. The van der Waals surface area contributed by atoms with Crippen LogP contribution < -0.4 is 9.47 Å². The first kappa shape index (κ1) is 26.7. The summed E-state index contributed by atoms with van der Waals surface area (Å²) in [5.41, 5.74) is 0.551. The average molecular weight is 434 g/mol. The number of carbonyl (C=O) groups is 1. The molecule has 0 bridgehead atoms. The molecule has 0 aliphatic rings. The van der Waals surface area contributed by atoms with Crippen molar-refractivity contribution in [2.75, 3.05) is 7.11 Å². The fourth-order valence-electron chi connectivity index (χ4n) is 3.50. The number of hydrogen-bond donors (Lipinski definition) is 0. The molecule has 1 aromatic carbocycles. The summed E-state index contributed by atoms with van der Waals surface area (Å²) in [5.74, 6) is 0.540. The van der Waals surface area contributed by atoms with Crippen molar-refractivity contribution in [1.29, 1.82) is 0 Å². The molecule has 0 fully saturated rings. The summed E-state index contributed by atoms with van der Waals surface area (Å²) in [6, 6.07) is 4.82. The largest absolute Gasteiger partial charge is 0.496 e. The number of methoxy groups -OCH3 is 1. The molecule has 0 aromatic heterocycles. The smallest absolute Gasteiger partial charge is 0.311 e. The first-order valence-electron chi connectivity index (χ1n) is 11.8. The first-order chi connectivity index (χ1) is 15.1. The minimum absolute atomic E-state index is 0.265. The van der Waals surface area contributed by atoms with E-state index in [1.54, 1.807) is 18.2 Å². The maximum Gasteiger partial charge on any atom is 0.311 e. The Kier molecular flexibility index (Phi) is 14.9. The Balaban J connectivity index is 2.12. The molecule has 1 aromatic rings. The van der Waals surface area contributed by atoms with Gasteiger partial charge in [0.1, 0.15) is 11.5 Å². The van der Waals surface area contributed by atoms with E-state index in [0.717, 1.165) is 25.5 Å². The molecule has 0 unspecified atom stereocenters. The van der Waals surface area contributed by atoms with Gasteiger partial charge in [0.25, 0.3) is 0 Å². The van der Waals surface area contributed by atoms with E-state index in [1.807, 2.05) is 0 Å². The van der Waals surface area contributed by atoms with Crippen LogP contribution in [0.3, 0.4) is 0 Å². The molecule has 0 heterocycles. The molecule has 0 atom stereocenters. The Labute approximate surface area is 187 Å². The minimum atomic E-state index is -0.539. The van der Waals surface area contributed by atoms with Crippen LogP contribution in [0.4, 0.5) is 0 Å². The zero-order valence-corrected chi connectivity index (χ0v) is 19.3. The van der Waals surface area contributed by atoms with E-state index < -0.39 is 4.92 Å². The SMILES string of the molecule is CCCCCCCCCCCCCCCC(=O)Oc1ccc(C=C[N+](=O)[O-])c(OC)c1. The molecular weight excluding hydrogens is 394 g/mol. The molecule has 0 saturated heterocycles. The van der Waals surface area contributed by atoms with E-state index in [9.17, 15) is 14.9 Å². The zero-order valence-electron chi connectivity index (χ0n) is 19.3. The number of unbranched alkanes of at least 4 members (excludes halogenated alkanes) is 12. The molecule has 174 valence electrons. The molecular formula is C25H39NO5. The normalized spacial score (nSPS) is 11.0. The summed E-state index contributed by atoms with van der Waals surface area (Å²) >= 11 is 0. The van der Waals surface area contributed by atoms with Crippen molar-refractivity contribution in [2.45, 2.75) is 96.8 Å². The van der Waals surface area contributed by atoms with E-state index in [4.69, 9.17) is 9.47 Å². The lowest BCUT2D eigenvalue weighted by molar-refractivity contribution is -0.400. The van der Waals surface area contributed by atoms with Gasteiger partial charge in [-0.3, -0.25) is 14.9 Å². The van der Waals surface area contributed by atoms with Gasteiger partial charge in [0.05, 0.1) is 12.0 Å². The number of benzene rings is 1. The van der Waals surface area contributed by atoms with Gasteiger partial charge in [0.15, 0.2) is 0 Å². The summed E-state index contributed by atoms with van der Waals surface area (Å²) in [4.78, 5) is 22.0. The predicted molar refractivity (Wildman–Crippen MR) is 125 cm³/mol. The van der Waals surface area contributed by atoms with Crippen LogP contribution >= 0.6 is 0 Å². The van der Waals surface area contributed by atoms with E-state index in [-0.39, 0.29) is 5.97 Å². The topological polar surface area (TPSA) is 78.7 Å². The van der Waals surface area contributed by atoms with Crippen LogP contribution in [0.1, 0.15) is 102 Å². The highest BCUT2D eigenvalue weighted by Gasteiger charge is 2.08. The summed E-state index contributed by atoms with van der Waals surface area (Å²) in [5, 5.41) is 10.5. The van der Waals surface area contributed by atoms with Gasteiger partial charge in [-0.05, 0) is 18.6 Å². The molecule has 0 saturated carbocycles. The third-order valence-corrected chi connectivity index (χ3v) is 5.30. The second-order valence-electron chi connectivity index (χ2n) is 7.97. The molecule has 6 nitrogen and oxygen atoms in total. The number of rotatable bonds is 18. The summed E-state index contributed by atoms with van der Waals surface area (Å²) in [7, 11) is 1.47. The number of esters is 1. The maximum absolute atomic E-state index is 12.0. The average Bonchev–Trinajstić information content (AvgIpc) is 2.75. The summed E-state index contributed by atoms with van der Waals surface area (Å²) in [6.07, 6.45) is 19.0. The Morgan fingerprint density at radius 1 is 0.935 bits per heavy atom. The van der Waals surface area contributed by atoms with Crippen molar-refractivity contribution in [3.63, 3.8) is 0 Å². The van der Waals surface area contributed by atoms with Crippen LogP contribution in [0.25, 0.3) is 6.08 Å². The van der Waals surface area contributed by atoms with Crippen LogP contribution in [0.15, 0.2) is 24.4 Å². The quantitative estimate of drug-likeness (QED) is 0.0796. The van der Waals surface area contributed by atoms with E-state index in [0.29, 0.717) is 23.5 Å². The second kappa shape index (κ2) is 17.3. The number of nitro groups is 1. The lowest BCUT2D eigenvalue weighted by Crippen LogP contribution is -2.07. The van der Waals surface area contributed by atoms with Crippen molar-refractivity contribution < 1.29 is 19.2 Å². The zero-order chi connectivity index (χ0) is 22.7. The minimum Gasteiger partial charge on any atom is -0.496 e. The Bertz CT molecular complexity index is 672. The molecule has 0 amide bonds. The van der Waals surface area contributed by atoms with E-state index in [1.165, 1.54) is 77.4 Å². The maximum atomic E-state index is 12.0. The third kappa shape index (κ3) is 13.5. The van der Waals surface area contributed by atoms with Crippen LogP contribution in [-0.2, 0) is 4.79 Å². The van der Waals surface area contributed by atoms with Gasteiger partial charge < -0.3 is 9.47 Å². The van der Waals surface area contributed by atoms with Gasteiger partial charge in [-0.1, -0.05) is 84.0 Å². The van der Waals surface area contributed by atoms with Gasteiger partial charge in [-0.25, -0.2) is 0 Å². The molecule has 0 aliphatic carbocycles. The molecule has 0 radical (unpaired) electrons. The van der Waals surface area contributed by atoms with Gasteiger partial charge in [0.2, 0.25) is 6.20 Å². The molecule has 0 aliphatic heterocycles. The molecule has 0 spiro atoms. The van der Waals surface area contributed by atoms with Gasteiger partial charge >= 0.3 is 5.97 Å². The fourth-order valence-corrected chi connectivity index (χ4v) is 3.50. The monoisotopic (exact) mass is 433 g/mol. The number of hydrogen-bond acceptors (Lipinski definition) is 5. The van der Waals surface area contributed by atoms with Crippen LogP contribution in [0.5, 0.6) is 11.5 Å². The number of carbonyl (C=O) groups excluding carboxylic acids is 1. The predicted octanol–water partition coefficient (Wildman–Crippen LogP) is 7.33. The van der Waals surface area contributed by atoms with E-state index in [2.05, 4.69) is 6.92 Å². The molecule has 6 heteroatoms. The van der Waals surface area contributed by atoms with Crippen LogP contribution in [0, 0.1) is 10.1 Å². The van der Waals surface area contributed by atoms with E-state index >= 15 is 0 Å². The summed E-state index contributed by atoms with van der Waals surface area (Å²) < 4.78 is 10.6. The molecule has 0 N–H and O–H groups in total. The van der Waals surface area contributed by atoms with Crippen molar-refractivity contribution in [1.82, 2.24) is 0 Å².